The van der Waals surface area contributed by atoms with Crippen LogP contribution in [-0.2, 0) is 0 Å². The highest BCUT2D eigenvalue weighted by molar-refractivity contribution is 7.98. The molecule has 0 aliphatic rings. The van der Waals surface area contributed by atoms with E-state index in [-0.39, 0.29) is 0 Å². The second kappa shape index (κ2) is 4.99. The largest absolute Gasteiger partial charge is 0.492 e. The number of hydrogen-bond acceptors (Lipinski definition) is 4. The lowest BCUT2D eigenvalue weighted by Gasteiger charge is -2.10. The Kier molecular flexibility index (Phi) is 3.92. The van der Waals surface area contributed by atoms with E-state index in [2.05, 4.69) is 5.43 Å². The van der Waals surface area contributed by atoms with Gasteiger partial charge in [-0.2, -0.15) is 0 Å². The predicted octanol–water partition coefficient (Wildman–Crippen LogP) is 2.09. The number of nitrogens with one attached hydrogen (secondary N) is 1. The number of nitrogens with two attached hydrogens (primary N) is 1. The SMILES string of the molecule is CCOc1ccc(SC)cc1NN. The molecule has 0 unspecified atom stereocenters. The molecule has 3 N–H and O–H groups in total. The molecule has 0 heterocycles. The molecule has 1 aromatic rings. The Morgan fingerprint density at radius 3 is 2.85 bits per heavy atom. The summed E-state index contributed by atoms with van der Waals surface area (Å²) in [4.78, 5) is 1.16. The first-order valence-corrected chi connectivity index (χ1v) is 5.31. The van der Waals surface area contributed by atoms with Crippen LogP contribution in [0, 0.1) is 0 Å². The number of nitrogen functional groups attached to an aromatic ring is 1. The van der Waals surface area contributed by atoms with Gasteiger partial charge in [0.25, 0.3) is 0 Å². The maximum absolute atomic E-state index is 5.38. The molecule has 0 saturated heterocycles. The fraction of sp³-hybridized carbons (Fsp3) is 0.333. The highest BCUT2D eigenvalue weighted by atomic mass is 32.2. The Hall–Kier alpha value is -0.870. The van der Waals surface area contributed by atoms with E-state index in [1.807, 2.05) is 31.4 Å². The van der Waals surface area contributed by atoms with Gasteiger partial charge in [-0.15, -0.1) is 11.8 Å². The molecule has 3 nitrogen and oxygen atoms in total. The Labute approximate surface area is 82.6 Å². The molecular weight excluding hydrogens is 184 g/mol. The van der Waals surface area contributed by atoms with E-state index in [9.17, 15) is 0 Å². The van der Waals surface area contributed by atoms with Crippen LogP contribution in [0.1, 0.15) is 6.92 Å². The van der Waals surface area contributed by atoms with Gasteiger partial charge in [-0.3, -0.25) is 5.84 Å². The molecule has 0 fully saturated rings. The van der Waals surface area contributed by atoms with Crippen LogP contribution in [0.15, 0.2) is 23.1 Å². The van der Waals surface area contributed by atoms with Crippen molar-refractivity contribution >= 4 is 17.4 Å². The Morgan fingerprint density at radius 2 is 2.31 bits per heavy atom. The molecule has 1 rings (SSSR count). The van der Waals surface area contributed by atoms with Gasteiger partial charge in [0.15, 0.2) is 0 Å². The average Bonchev–Trinajstić information content (AvgIpc) is 2.19. The van der Waals surface area contributed by atoms with Crippen molar-refractivity contribution < 1.29 is 4.74 Å². The van der Waals surface area contributed by atoms with Crippen LogP contribution in [0.3, 0.4) is 0 Å². The minimum Gasteiger partial charge on any atom is -0.492 e. The van der Waals surface area contributed by atoms with Gasteiger partial charge < -0.3 is 10.2 Å². The lowest BCUT2D eigenvalue weighted by atomic mass is 10.3. The van der Waals surface area contributed by atoms with Crippen LogP contribution < -0.4 is 16.0 Å². The summed E-state index contributed by atoms with van der Waals surface area (Å²) >= 11 is 1.67. The number of hydrogen-bond donors (Lipinski definition) is 2. The summed E-state index contributed by atoms with van der Waals surface area (Å²) in [5.41, 5.74) is 3.44. The van der Waals surface area contributed by atoms with E-state index in [1.165, 1.54) is 0 Å². The van der Waals surface area contributed by atoms with Gasteiger partial charge in [0, 0.05) is 4.90 Å². The standard InChI is InChI=1S/C9H14N2OS/c1-3-12-9-5-4-7(13-2)6-8(9)11-10/h4-6,11H,3,10H2,1-2H3. The van der Waals surface area contributed by atoms with Crippen LogP contribution >= 0.6 is 11.8 Å². The zero-order valence-corrected chi connectivity index (χ0v) is 8.65. The van der Waals surface area contributed by atoms with E-state index >= 15 is 0 Å². The molecule has 0 atom stereocenters. The lowest BCUT2D eigenvalue weighted by Crippen LogP contribution is -2.08. The van der Waals surface area contributed by atoms with Gasteiger partial charge in [0.2, 0.25) is 0 Å². The van der Waals surface area contributed by atoms with Crippen molar-refractivity contribution in [3.8, 4) is 5.75 Å². The van der Waals surface area contributed by atoms with E-state index < -0.39 is 0 Å². The van der Waals surface area contributed by atoms with Crippen molar-refractivity contribution in [2.45, 2.75) is 11.8 Å². The summed E-state index contributed by atoms with van der Waals surface area (Å²) < 4.78 is 5.38. The normalized spacial score (nSPS) is 9.77. The van der Waals surface area contributed by atoms with Gasteiger partial charge in [-0.05, 0) is 31.4 Å². The number of benzene rings is 1. The molecule has 0 aromatic heterocycles. The van der Waals surface area contributed by atoms with Crippen molar-refractivity contribution in [2.75, 3.05) is 18.3 Å². The van der Waals surface area contributed by atoms with Gasteiger partial charge in [0.05, 0.1) is 12.3 Å². The quantitative estimate of drug-likeness (QED) is 0.442. The van der Waals surface area contributed by atoms with Crippen LogP contribution in [0.4, 0.5) is 5.69 Å². The zero-order chi connectivity index (χ0) is 9.68. The topological polar surface area (TPSA) is 47.3 Å². The fourth-order valence-electron chi connectivity index (χ4n) is 1.03. The Balaban J connectivity index is 2.93. The third kappa shape index (κ3) is 2.54. The summed E-state index contributed by atoms with van der Waals surface area (Å²) in [6, 6.07) is 5.90. The first-order chi connectivity index (χ1) is 6.31. The molecule has 13 heavy (non-hydrogen) atoms. The maximum atomic E-state index is 5.38. The number of anilines is 1. The second-order valence-electron chi connectivity index (χ2n) is 2.44. The number of rotatable bonds is 4. The van der Waals surface area contributed by atoms with Crippen molar-refractivity contribution in [2.24, 2.45) is 5.84 Å². The summed E-state index contributed by atoms with van der Waals surface area (Å²) in [5.74, 6) is 6.16. The lowest BCUT2D eigenvalue weighted by molar-refractivity contribution is 0.341. The molecule has 0 bridgehead atoms. The molecule has 0 spiro atoms. The zero-order valence-electron chi connectivity index (χ0n) is 7.83. The highest BCUT2D eigenvalue weighted by Crippen LogP contribution is 2.28. The first kappa shape index (κ1) is 10.2. The summed E-state index contributed by atoms with van der Waals surface area (Å²) in [5, 5.41) is 0. The predicted molar refractivity (Wildman–Crippen MR) is 57.2 cm³/mol. The third-order valence-electron chi connectivity index (χ3n) is 1.64. The molecule has 1 aromatic carbocycles. The van der Waals surface area contributed by atoms with Crippen molar-refractivity contribution in [1.29, 1.82) is 0 Å². The van der Waals surface area contributed by atoms with Crippen LogP contribution in [0.2, 0.25) is 0 Å². The minimum atomic E-state index is 0.646. The molecule has 0 aliphatic carbocycles. The van der Waals surface area contributed by atoms with Gasteiger partial charge >= 0.3 is 0 Å². The number of ether oxygens (including phenoxy) is 1. The second-order valence-corrected chi connectivity index (χ2v) is 3.32. The molecule has 72 valence electrons. The van der Waals surface area contributed by atoms with Crippen molar-refractivity contribution in [1.82, 2.24) is 0 Å². The maximum Gasteiger partial charge on any atom is 0.143 e. The number of hydrazine groups is 1. The molecule has 0 radical (unpaired) electrons. The van der Waals surface area contributed by atoms with Crippen molar-refractivity contribution in [3.63, 3.8) is 0 Å². The smallest absolute Gasteiger partial charge is 0.143 e. The minimum absolute atomic E-state index is 0.646. The Bertz CT molecular complexity index is 278. The number of thioether (sulfide) groups is 1. The van der Waals surface area contributed by atoms with Gasteiger partial charge in [0.1, 0.15) is 5.75 Å². The fourth-order valence-corrected chi connectivity index (χ4v) is 1.47. The van der Waals surface area contributed by atoms with Crippen LogP contribution in [0.25, 0.3) is 0 Å². The summed E-state index contributed by atoms with van der Waals surface area (Å²) in [6.07, 6.45) is 2.02. The van der Waals surface area contributed by atoms with Crippen LogP contribution in [-0.4, -0.2) is 12.9 Å². The monoisotopic (exact) mass is 198 g/mol. The summed E-state index contributed by atoms with van der Waals surface area (Å²) in [6.45, 7) is 2.59. The molecule has 0 amide bonds. The van der Waals surface area contributed by atoms with Gasteiger partial charge in [-0.25, -0.2) is 0 Å². The molecular formula is C9H14N2OS. The molecule has 0 saturated carbocycles. The highest BCUT2D eigenvalue weighted by Gasteiger charge is 2.02. The van der Waals surface area contributed by atoms with E-state index in [1.54, 1.807) is 11.8 Å². The first-order valence-electron chi connectivity index (χ1n) is 4.09. The summed E-state index contributed by atoms with van der Waals surface area (Å²) in [7, 11) is 0. The van der Waals surface area contributed by atoms with Crippen molar-refractivity contribution in [3.05, 3.63) is 18.2 Å². The van der Waals surface area contributed by atoms with E-state index in [0.29, 0.717) is 6.61 Å². The van der Waals surface area contributed by atoms with Crippen LogP contribution in [0.5, 0.6) is 5.75 Å². The van der Waals surface area contributed by atoms with E-state index in [0.717, 1.165) is 16.3 Å². The average molecular weight is 198 g/mol. The Morgan fingerprint density at radius 1 is 1.54 bits per heavy atom. The third-order valence-corrected chi connectivity index (χ3v) is 2.37. The molecule has 4 heteroatoms. The van der Waals surface area contributed by atoms with E-state index in [4.69, 9.17) is 10.6 Å². The molecule has 0 aliphatic heterocycles. The van der Waals surface area contributed by atoms with Gasteiger partial charge in [-0.1, -0.05) is 0 Å².